The molecule has 1 aliphatic carbocycles. The minimum atomic E-state index is 0.165. The number of hydrogen-bond acceptors (Lipinski definition) is 3. The van der Waals surface area contributed by atoms with Gasteiger partial charge in [-0.05, 0) is 30.4 Å². The van der Waals surface area contributed by atoms with E-state index in [1.807, 2.05) is 0 Å². The van der Waals surface area contributed by atoms with Crippen molar-refractivity contribution >= 4 is 11.6 Å². The van der Waals surface area contributed by atoms with E-state index in [0.717, 1.165) is 11.7 Å². The highest BCUT2D eigenvalue weighted by Gasteiger charge is 2.25. The second-order valence-corrected chi connectivity index (χ2v) is 4.37. The lowest BCUT2D eigenvalue weighted by Crippen LogP contribution is -2.14. The summed E-state index contributed by atoms with van der Waals surface area (Å²) < 4.78 is 4.79. The van der Waals surface area contributed by atoms with Gasteiger partial charge in [0.25, 0.3) is 0 Å². The Labute approximate surface area is 88.8 Å². The van der Waals surface area contributed by atoms with Crippen molar-refractivity contribution in [3.05, 3.63) is 11.2 Å². The molecule has 4 heteroatoms. The van der Waals surface area contributed by atoms with E-state index >= 15 is 0 Å². The molecule has 1 heterocycles. The summed E-state index contributed by atoms with van der Waals surface area (Å²) in [5, 5.41) is 4.06. The fraction of sp³-hybridized carbons (Fsp3) is 0.800. The molecule has 2 rings (SSSR count). The summed E-state index contributed by atoms with van der Waals surface area (Å²) in [6.07, 6.45) is 6.23. The molecule has 2 atom stereocenters. The van der Waals surface area contributed by atoms with Crippen molar-refractivity contribution in [1.82, 2.24) is 10.1 Å². The summed E-state index contributed by atoms with van der Waals surface area (Å²) in [4.78, 5) is 4.09. The first-order valence-corrected chi connectivity index (χ1v) is 5.66. The van der Waals surface area contributed by atoms with Crippen LogP contribution in [-0.2, 0) is 0 Å². The van der Waals surface area contributed by atoms with Crippen LogP contribution >= 0.6 is 11.6 Å². The maximum Gasteiger partial charge on any atom is 0.320 e. The van der Waals surface area contributed by atoms with Gasteiger partial charge in [-0.25, -0.2) is 0 Å². The van der Waals surface area contributed by atoms with E-state index < -0.39 is 0 Å². The van der Waals surface area contributed by atoms with Gasteiger partial charge in [0.05, 0.1) is 0 Å². The number of nitrogens with zero attached hydrogens (tertiary/aromatic N) is 2. The van der Waals surface area contributed by atoms with Crippen LogP contribution in [0.15, 0.2) is 4.52 Å². The van der Waals surface area contributed by atoms with Crippen LogP contribution in [0.1, 0.15) is 50.8 Å². The molecule has 0 spiro atoms. The van der Waals surface area contributed by atoms with Crippen LogP contribution in [0.4, 0.5) is 0 Å². The third kappa shape index (κ3) is 2.08. The highest BCUT2D eigenvalue weighted by molar-refractivity contribution is 6.27. The Kier molecular flexibility index (Phi) is 3.06. The molecule has 0 N–H and O–H groups in total. The van der Waals surface area contributed by atoms with E-state index in [4.69, 9.17) is 16.1 Å². The molecule has 14 heavy (non-hydrogen) atoms. The molecule has 0 radical (unpaired) electrons. The third-order valence-corrected chi connectivity index (χ3v) is 3.30. The minimum Gasteiger partial charge on any atom is -0.321 e. The molecule has 1 aromatic rings. The van der Waals surface area contributed by atoms with E-state index in [0.29, 0.717) is 5.92 Å². The van der Waals surface area contributed by atoms with Crippen LogP contribution in [0.2, 0.25) is 5.35 Å². The van der Waals surface area contributed by atoms with Crippen molar-refractivity contribution in [2.75, 3.05) is 0 Å². The molecule has 0 amide bonds. The Hall–Kier alpha value is -0.570. The summed E-state index contributed by atoms with van der Waals surface area (Å²) in [5.41, 5.74) is 0. The van der Waals surface area contributed by atoms with Crippen molar-refractivity contribution in [3.63, 3.8) is 0 Å². The van der Waals surface area contributed by atoms with Crippen molar-refractivity contribution in [2.24, 2.45) is 5.92 Å². The zero-order chi connectivity index (χ0) is 9.97. The average Bonchev–Trinajstić information content (AvgIpc) is 2.65. The van der Waals surface area contributed by atoms with E-state index in [-0.39, 0.29) is 5.35 Å². The second-order valence-electron chi connectivity index (χ2n) is 4.04. The van der Waals surface area contributed by atoms with Gasteiger partial charge in [0.1, 0.15) is 0 Å². The van der Waals surface area contributed by atoms with Gasteiger partial charge in [0, 0.05) is 5.92 Å². The predicted octanol–water partition coefficient (Wildman–Crippen LogP) is 3.41. The Morgan fingerprint density at radius 3 is 3.00 bits per heavy atom. The zero-order valence-corrected chi connectivity index (χ0v) is 9.13. The summed E-state index contributed by atoms with van der Waals surface area (Å²) in [7, 11) is 0. The van der Waals surface area contributed by atoms with Gasteiger partial charge in [-0.3, -0.25) is 0 Å². The van der Waals surface area contributed by atoms with E-state index in [1.54, 1.807) is 0 Å². The highest BCUT2D eigenvalue weighted by Crippen LogP contribution is 2.36. The van der Waals surface area contributed by atoms with Crippen LogP contribution in [0.3, 0.4) is 0 Å². The molecule has 2 unspecified atom stereocenters. The minimum absolute atomic E-state index is 0.165. The predicted molar refractivity (Wildman–Crippen MR) is 54.3 cm³/mol. The van der Waals surface area contributed by atoms with Crippen LogP contribution in [0.5, 0.6) is 0 Å². The molecule has 1 aromatic heterocycles. The summed E-state index contributed by atoms with van der Waals surface area (Å²) in [5.74, 6) is 2.09. The molecule has 0 saturated heterocycles. The van der Waals surface area contributed by atoms with Crippen LogP contribution in [0, 0.1) is 5.92 Å². The maximum atomic E-state index is 5.61. The molecular weight excluding hydrogens is 200 g/mol. The van der Waals surface area contributed by atoms with E-state index in [9.17, 15) is 0 Å². The first-order valence-electron chi connectivity index (χ1n) is 5.28. The quantitative estimate of drug-likeness (QED) is 0.758. The van der Waals surface area contributed by atoms with Crippen molar-refractivity contribution in [1.29, 1.82) is 0 Å². The van der Waals surface area contributed by atoms with Crippen molar-refractivity contribution in [3.8, 4) is 0 Å². The largest absolute Gasteiger partial charge is 0.321 e. The highest BCUT2D eigenvalue weighted by atomic mass is 35.5. The summed E-state index contributed by atoms with van der Waals surface area (Å²) >= 11 is 5.61. The normalized spacial score (nSPS) is 27.9. The fourth-order valence-corrected chi connectivity index (χ4v) is 2.40. The molecule has 1 aliphatic rings. The summed E-state index contributed by atoms with van der Waals surface area (Å²) in [6, 6.07) is 0. The second kappa shape index (κ2) is 4.30. The van der Waals surface area contributed by atoms with Crippen LogP contribution in [0.25, 0.3) is 0 Å². The molecule has 0 bridgehead atoms. The van der Waals surface area contributed by atoms with Crippen molar-refractivity contribution < 1.29 is 4.52 Å². The number of rotatable bonds is 2. The SMILES string of the molecule is CCC1CCCC(c2noc(Cl)n2)C1. The molecule has 78 valence electrons. The van der Waals surface area contributed by atoms with Gasteiger partial charge in [-0.1, -0.05) is 31.3 Å². The summed E-state index contributed by atoms with van der Waals surface area (Å²) in [6.45, 7) is 2.25. The fourth-order valence-electron chi connectivity index (χ4n) is 2.28. The lowest BCUT2D eigenvalue weighted by molar-refractivity contribution is 0.299. The van der Waals surface area contributed by atoms with Gasteiger partial charge in [-0.15, -0.1) is 0 Å². The number of aromatic nitrogens is 2. The van der Waals surface area contributed by atoms with E-state index in [1.165, 1.54) is 32.1 Å². The molecule has 3 nitrogen and oxygen atoms in total. The lowest BCUT2D eigenvalue weighted by atomic mass is 9.80. The average molecular weight is 215 g/mol. The topological polar surface area (TPSA) is 38.9 Å². The first-order chi connectivity index (χ1) is 6.79. The zero-order valence-electron chi connectivity index (χ0n) is 8.37. The molecule has 0 aromatic carbocycles. The molecule has 1 saturated carbocycles. The number of hydrogen-bond donors (Lipinski definition) is 0. The smallest absolute Gasteiger partial charge is 0.320 e. The van der Waals surface area contributed by atoms with Gasteiger partial charge in [-0.2, -0.15) is 4.98 Å². The monoisotopic (exact) mass is 214 g/mol. The molecule has 0 aliphatic heterocycles. The van der Waals surface area contributed by atoms with Gasteiger partial charge in [0.15, 0.2) is 5.82 Å². The first kappa shape index (κ1) is 9.97. The Morgan fingerprint density at radius 2 is 2.36 bits per heavy atom. The Balaban J connectivity index is 2.04. The van der Waals surface area contributed by atoms with E-state index in [2.05, 4.69) is 17.1 Å². The Morgan fingerprint density at radius 1 is 1.50 bits per heavy atom. The third-order valence-electron chi connectivity index (χ3n) is 3.14. The molecular formula is C10H15ClN2O. The number of halogens is 1. The van der Waals surface area contributed by atoms with Gasteiger partial charge >= 0.3 is 5.35 Å². The van der Waals surface area contributed by atoms with Gasteiger partial charge in [0.2, 0.25) is 0 Å². The maximum absolute atomic E-state index is 5.61. The molecule has 1 fully saturated rings. The van der Waals surface area contributed by atoms with Crippen molar-refractivity contribution in [2.45, 2.75) is 44.9 Å². The lowest BCUT2D eigenvalue weighted by Gasteiger charge is -2.25. The van der Waals surface area contributed by atoms with Crippen LogP contribution in [-0.4, -0.2) is 10.1 Å². The standard InChI is InChI=1S/C10H15ClN2O/c1-2-7-4-3-5-8(6-7)9-12-10(11)14-13-9/h7-8H,2-6H2,1H3. The van der Waals surface area contributed by atoms with Gasteiger partial charge < -0.3 is 4.52 Å². The Bertz CT molecular complexity index is 300. The van der Waals surface area contributed by atoms with Crippen LogP contribution < -0.4 is 0 Å².